The molecule has 0 radical (unpaired) electrons. The molecule has 0 bridgehead atoms. The minimum Gasteiger partial charge on any atom is -0.525 e. The summed E-state index contributed by atoms with van der Waals surface area (Å²) in [7, 11) is -1.69. The summed E-state index contributed by atoms with van der Waals surface area (Å²) in [5.74, 6) is 0. The highest BCUT2D eigenvalue weighted by atomic mass is 28.4. The van der Waals surface area contributed by atoms with Gasteiger partial charge in [-0.1, -0.05) is 0 Å². The molecule has 0 aliphatic carbocycles. The van der Waals surface area contributed by atoms with Gasteiger partial charge in [0.1, 0.15) is 0 Å². The molecule has 8 heavy (non-hydrogen) atoms. The van der Waals surface area contributed by atoms with Crippen LogP contribution in [-0.2, 0) is 4.43 Å². The van der Waals surface area contributed by atoms with Crippen LogP contribution in [0, 0.1) is 0 Å². The van der Waals surface area contributed by atoms with Gasteiger partial charge in [0.25, 0.3) is 6.01 Å². The van der Waals surface area contributed by atoms with Gasteiger partial charge in [0.05, 0.1) is 0 Å². The van der Waals surface area contributed by atoms with Crippen LogP contribution in [0.2, 0.25) is 19.6 Å². The Balaban J connectivity index is 3.55. The minimum atomic E-state index is -1.69. The van der Waals surface area contributed by atoms with Gasteiger partial charge in [-0.05, 0) is 26.2 Å². The Morgan fingerprint density at radius 3 is 1.88 bits per heavy atom. The van der Waals surface area contributed by atoms with Gasteiger partial charge in [0.2, 0.25) is 8.32 Å². The molecule has 48 valence electrons. The van der Waals surface area contributed by atoms with E-state index in [1.54, 1.807) is 0 Å². The van der Waals surface area contributed by atoms with E-state index < -0.39 is 14.3 Å². The van der Waals surface area contributed by atoms with Crippen LogP contribution >= 0.6 is 0 Å². The smallest absolute Gasteiger partial charge is 0.251 e. The monoisotopic (exact) mass is 134 g/mol. The number of rotatable bonds is 2. The van der Waals surface area contributed by atoms with Crippen LogP contribution in [0.1, 0.15) is 0 Å². The summed E-state index contributed by atoms with van der Waals surface area (Å²) in [6.07, 6.45) is 0. The highest BCUT2D eigenvalue weighted by Crippen LogP contribution is 2.08. The molecular weight excluding hydrogens is 123 g/mol. The molecule has 0 atom stereocenters. The topological polar surface area (TPSA) is 9.23 Å². The number of halogens is 1. The normalized spacial score (nSPS) is 11.0. The summed E-state index contributed by atoms with van der Waals surface area (Å²) < 4.78 is 16.5. The fourth-order valence-electron chi connectivity index (χ4n) is 0.332. The van der Waals surface area contributed by atoms with Gasteiger partial charge in [0.15, 0.2) is 0 Å². The molecule has 0 aliphatic heterocycles. The molecular formula is C5H11FOSi. The summed E-state index contributed by atoms with van der Waals surface area (Å²) in [4.78, 5) is 0. The van der Waals surface area contributed by atoms with E-state index in [0.29, 0.717) is 0 Å². The fraction of sp³-hybridized carbons (Fsp3) is 0.600. The zero-order chi connectivity index (χ0) is 6.78. The fourth-order valence-corrected chi connectivity index (χ4v) is 0.997. The molecule has 0 heterocycles. The lowest BCUT2D eigenvalue weighted by Gasteiger charge is -2.15. The van der Waals surface area contributed by atoms with Crippen molar-refractivity contribution in [1.29, 1.82) is 0 Å². The van der Waals surface area contributed by atoms with Gasteiger partial charge in [0, 0.05) is 0 Å². The predicted octanol–water partition coefficient (Wildman–Crippen LogP) is 2.28. The van der Waals surface area contributed by atoms with Crippen LogP contribution in [0.25, 0.3) is 0 Å². The van der Waals surface area contributed by atoms with E-state index in [0.717, 1.165) is 0 Å². The van der Waals surface area contributed by atoms with Crippen molar-refractivity contribution in [3.63, 3.8) is 0 Å². The molecule has 0 unspecified atom stereocenters. The van der Waals surface area contributed by atoms with E-state index in [1.807, 2.05) is 19.6 Å². The van der Waals surface area contributed by atoms with Crippen LogP contribution in [-0.4, -0.2) is 8.32 Å². The lowest BCUT2D eigenvalue weighted by atomic mass is 11.1. The summed E-state index contributed by atoms with van der Waals surface area (Å²) in [5.41, 5.74) is 0. The van der Waals surface area contributed by atoms with Crippen molar-refractivity contribution in [2.45, 2.75) is 19.6 Å². The molecule has 3 heteroatoms. The second-order valence-corrected chi connectivity index (χ2v) is 7.00. The second-order valence-electron chi connectivity index (χ2n) is 2.57. The summed E-state index contributed by atoms with van der Waals surface area (Å²) in [6, 6.07) is -0.663. The van der Waals surface area contributed by atoms with E-state index in [9.17, 15) is 4.39 Å². The summed E-state index contributed by atoms with van der Waals surface area (Å²) in [6.45, 7) is 8.69. The molecule has 0 rings (SSSR count). The van der Waals surface area contributed by atoms with Crippen LogP contribution < -0.4 is 0 Å². The second kappa shape index (κ2) is 2.30. The average Bonchev–Trinajstić information content (AvgIpc) is 1.21. The third-order valence-corrected chi connectivity index (χ3v) is 1.25. The quantitative estimate of drug-likeness (QED) is 0.416. The lowest BCUT2D eigenvalue weighted by molar-refractivity contribution is 0.300. The Kier molecular flexibility index (Phi) is 2.21. The van der Waals surface area contributed by atoms with Gasteiger partial charge >= 0.3 is 0 Å². The molecule has 0 spiro atoms. The van der Waals surface area contributed by atoms with Crippen molar-refractivity contribution in [1.82, 2.24) is 0 Å². The van der Waals surface area contributed by atoms with Crippen LogP contribution in [0.15, 0.2) is 12.6 Å². The summed E-state index contributed by atoms with van der Waals surface area (Å²) in [5, 5.41) is 0. The Bertz CT molecular complexity index is 95.1. The Labute approximate surface area is 50.3 Å². The van der Waals surface area contributed by atoms with Crippen LogP contribution in [0.3, 0.4) is 0 Å². The number of hydrogen-bond donors (Lipinski definition) is 0. The van der Waals surface area contributed by atoms with Crippen molar-refractivity contribution < 1.29 is 8.82 Å². The third kappa shape index (κ3) is 5.69. The molecule has 1 nitrogen and oxygen atoms in total. The maximum Gasteiger partial charge on any atom is 0.251 e. The molecule has 0 aromatic carbocycles. The van der Waals surface area contributed by atoms with E-state index in [1.165, 1.54) is 0 Å². The molecule has 0 saturated heterocycles. The minimum absolute atomic E-state index is 0.663. The Morgan fingerprint density at radius 2 is 1.88 bits per heavy atom. The first-order valence-corrected chi connectivity index (χ1v) is 5.86. The first-order chi connectivity index (χ1) is 3.42. The van der Waals surface area contributed by atoms with E-state index in [-0.39, 0.29) is 0 Å². The zero-order valence-electron chi connectivity index (χ0n) is 5.49. The molecule has 0 aromatic rings. The van der Waals surface area contributed by atoms with Gasteiger partial charge in [-0.15, -0.1) is 0 Å². The Morgan fingerprint density at radius 1 is 1.50 bits per heavy atom. The van der Waals surface area contributed by atoms with Crippen molar-refractivity contribution >= 4 is 8.32 Å². The van der Waals surface area contributed by atoms with E-state index in [2.05, 4.69) is 6.58 Å². The highest BCUT2D eigenvalue weighted by Gasteiger charge is 2.15. The largest absolute Gasteiger partial charge is 0.525 e. The van der Waals surface area contributed by atoms with Crippen molar-refractivity contribution in [3.05, 3.63) is 12.6 Å². The third-order valence-electron chi connectivity index (χ3n) is 0.417. The van der Waals surface area contributed by atoms with Gasteiger partial charge in [-0.25, -0.2) is 0 Å². The average molecular weight is 134 g/mol. The molecule has 0 fully saturated rings. The van der Waals surface area contributed by atoms with Gasteiger partial charge in [-0.2, -0.15) is 4.39 Å². The molecule has 0 amide bonds. The molecule has 0 aromatic heterocycles. The van der Waals surface area contributed by atoms with Gasteiger partial charge in [-0.3, -0.25) is 0 Å². The molecule has 0 N–H and O–H groups in total. The van der Waals surface area contributed by atoms with E-state index >= 15 is 0 Å². The predicted molar refractivity (Wildman–Crippen MR) is 34.7 cm³/mol. The maximum atomic E-state index is 11.8. The number of hydrogen-bond acceptors (Lipinski definition) is 1. The van der Waals surface area contributed by atoms with Gasteiger partial charge < -0.3 is 4.43 Å². The van der Waals surface area contributed by atoms with Crippen molar-refractivity contribution in [3.8, 4) is 0 Å². The SMILES string of the molecule is C=C(F)O[Si](C)(C)C. The molecule has 0 saturated carbocycles. The van der Waals surface area contributed by atoms with Crippen LogP contribution in [0.5, 0.6) is 0 Å². The van der Waals surface area contributed by atoms with Crippen LogP contribution in [0.4, 0.5) is 4.39 Å². The van der Waals surface area contributed by atoms with Crippen molar-refractivity contribution in [2.75, 3.05) is 0 Å². The summed E-state index contributed by atoms with van der Waals surface area (Å²) >= 11 is 0. The first-order valence-electron chi connectivity index (χ1n) is 2.45. The first kappa shape index (κ1) is 7.69. The van der Waals surface area contributed by atoms with E-state index in [4.69, 9.17) is 4.43 Å². The van der Waals surface area contributed by atoms with Crippen molar-refractivity contribution in [2.24, 2.45) is 0 Å². The zero-order valence-corrected chi connectivity index (χ0v) is 6.49. The molecule has 0 aliphatic rings. The lowest BCUT2D eigenvalue weighted by Crippen LogP contribution is -2.23. The Hall–Kier alpha value is -0.313. The standard InChI is InChI=1S/C5H11FOSi/c1-5(6)7-8(2,3)4/h1H2,2-4H3. The maximum absolute atomic E-state index is 11.8. The highest BCUT2D eigenvalue weighted by molar-refractivity contribution is 6.69.